The molecule has 2 rings (SSSR count). The molecule has 0 spiro atoms. The highest BCUT2D eigenvalue weighted by atomic mass is 32.2. The van der Waals surface area contributed by atoms with E-state index in [0.29, 0.717) is 23.4 Å². The molecule has 1 unspecified atom stereocenters. The molecule has 7 nitrogen and oxygen atoms in total. The molecule has 1 N–H and O–H groups in total. The molecule has 0 bridgehead atoms. The summed E-state index contributed by atoms with van der Waals surface area (Å²) < 4.78 is 40.9. The number of benzene rings is 2. The first-order valence-electron chi connectivity index (χ1n) is 11.2. The van der Waals surface area contributed by atoms with Crippen molar-refractivity contribution >= 4 is 27.5 Å². The lowest BCUT2D eigenvalue weighted by Crippen LogP contribution is -2.51. The van der Waals surface area contributed by atoms with Crippen molar-refractivity contribution in [3.05, 3.63) is 65.0 Å². The summed E-state index contributed by atoms with van der Waals surface area (Å²) in [4.78, 5) is 27.5. The van der Waals surface area contributed by atoms with Gasteiger partial charge in [-0.05, 0) is 43.9 Å². The molecule has 2 aromatic rings. The molecule has 0 aromatic heterocycles. The number of anilines is 1. The Bertz CT molecular complexity index is 1110. The number of hydrogen-bond donors (Lipinski definition) is 1. The normalized spacial score (nSPS) is 12.4. The summed E-state index contributed by atoms with van der Waals surface area (Å²) in [7, 11) is -3.83. The van der Waals surface area contributed by atoms with Crippen molar-refractivity contribution in [1.82, 2.24) is 10.2 Å². The molecule has 0 radical (unpaired) electrons. The lowest BCUT2D eigenvalue weighted by molar-refractivity contribution is -0.139. The molecular weight excluding hydrogens is 457 g/mol. The molecule has 1 atom stereocenters. The molecular formula is C25H34FN3O4S. The number of para-hydroxylation sites is 1. The number of aryl methyl sites for hydroxylation is 2. The molecule has 0 fully saturated rings. The van der Waals surface area contributed by atoms with Crippen LogP contribution in [-0.4, -0.2) is 50.5 Å². The molecule has 186 valence electrons. The zero-order valence-electron chi connectivity index (χ0n) is 20.6. The van der Waals surface area contributed by atoms with Gasteiger partial charge >= 0.3 is 0 Å². The Morgan fingerprint density at radius 2 is 1.59 bits per heavy atom. The predicted molar refractivity (Wildman–Crippen MR) is 132 cm³/mol. The van der Waals surface area contributed by atoms with Gasteiger partial charge in [0.25, 0.3) is 0 Å². The van der Waals surface area contributed by atoms with Gasteiger partial charge in [-0.25, -0.2) is 12.8 Å². The summed E-state index contributed by atoms with van der Waals surface area (Å²) in [5, 5.41) is 2.79. The van der Waals surface area contributed by atoms with Crippen molar-refractivity contribution in [2.24, 2.45) is 5.92 Å². The first-order valence-corrected chi connectivity index (χ1v) is 13.0. The first-order chi connectivity index (χ1) is 15.8. The van der Waals surface area contributed by atoms with E-state index >= 15 is 0 Å². The van der Waals surface area contributed by atoms with Gasteiger partial charge in [0, 0.05) is 18.7 Å². The van der Waals surface area contributed by atoms with E-state index in [1.807, 2.05) is 19.9 Å². The van der Waals surface area contributed by atoms with Crippen LogP contribution in [-0.2, 0) is 26.2 Å². The number of amides is 2. The molecule has 0 heterocycles. The zero-order chi connectivity index (χ0) is 25.6. The van der Waals surface area contributed by atoms with Crippen LogP contribution in [0, 0.1) is 25.6 Å². The van der Waals surface area contributed by atoms with Crippen LogP contribution in [0.2, 0.25) is 0 Å². The fourth-order valence-electron chi connectivity index (χ4n) is 3.62. The summed E-state index contributed by atoms with van der Waals surface area (Å²) in [6, 6.07) is 10.4. The quantitative estimate of drug-likeness (QED) is 0.552. The van der Waals surface area contributed by atoms with Crippen LogP contribution in [0.3, 0.4) is 0 Å². The summed E-state index contributed by atoms with van der Waals surface area (Å²) in [5.41, 5.74) is 2.04. The smallest absolute Gasteiger partial charge is 0.244 e. The maximum atomic E-state index is 14.4. The Morgan fingerprint density at radius 3 is 2.12 bits per heavy atom. The number of nitrogens with zero attached hydrogens (tertiary/aromatic N) is 2. The third-order valence-corrected chi connectivity index (χ3v) is 6.63. The number of carbonyl (C=O) groups is 2. The Morgan fingerprint density at radius 1 is 1.00 bits per heavy atom. The molecule has 34 heavy (non-hydrogen) atoms. The summed E-state index contributed by atoms with van der Waals surface area (Å²) in [6.45, 7) is 8.71. The van der Waals surface area contributed by atoms with Gasteiger partial charge in [0.15, 0.2) is 0 Å². The van der Waals surface area contributed by atoms with Crippen molar-refractivity contribution in [1.29, 1.82) is 0 Å². The van der Waals surface area contributed by atoms with Crippen LogP contribution in [0.5, 0.6) is 0 Å². The number of halogens is 1. The number of sulfonamides is 1. The van der Waals surface area contributed by atoms with Crippen molar-refractivity contribution in [3.8, 4) is 0 Å². The number of hydrogen-bond acceptors (Lipinski definition) is 4. The van der Waals surface area contributed by atoms with Gasteiger partial charge in [0.1, 0.15) is 18.4 Å². The highest BCUT2D eigenvalue weighted by Gasteiger charge is 2.31. The van der Waals surface area contributed by atoms with Crippen LogP contribution >= 0.6 is 0 Å². The van der Waals surface area contributed by atoms with Crippen LogP contribution < -0.4 is 9.62 Å². The first kappa shape index (κ1) is 27.3. The molecule has 2 amide bonds. The third-order valence-electron chi connectivity index (χ3n) is 5.52. The molecule has 0 aliphatic carbocycles. The van der Waals surface area contributed by atoms with Gasteiger partial charge in [-0.3, -0.25) is 13.9 Å². The topological polar surface area (TPSA) is 86.8 Å². The van der Waals surface area contributed by atoms with Crippen molar-refractivity contribution in [3.63, 3.8) is 0 Å². The van der Waals surface area contributed by atoms with Crippen LogP contribution in [0.1, 0.15) is 37.5 Å². The van der Waals surface area contributed by atoms with Gasteiger partial charge < -0.3 is 10.2 Å². The van der Waals surface area contributed by atoms with E-state index in [4.69, 9.17) is 0 Å². The van der Waals surface area contributed by atoms with Gasteiger partial charge in [-0.1, -0.05) is 50.2 Å². The van der Waals surface area contributed by atoms with E-state index in [2.05, 4.69) is 5.32 Å². The molecule has 0 saturated heterocycles. The second kappa shape index (κ2) is 11.5. The Balaban J connectivity index is 2.44. The molecule has 9 heteroatoms. The predicted octanol–water partition coefficient (Wildman–Crippen LogP) is 3.40. The van der Waals surface area contributed by atoms with Gasteiger partial charge in [-0.15, -0.1) is 0 Å². The molecule has 0 aliphatic heterocycles. The second-order valence-corrected chi connectivity index (χ2v) is 10.8. The Kier molecular flexibility index (Phi) is 9.21. The van der Waals surface area contributed by atoms with Crippen LogP contribution in [0.15, 0.2) is 42.5 Å². The zero-order valence-corrected chi connectivity index (χ0v) is 21.4. The fourth-order valence-corrected chi connectivity index (χ4v) is 4.58. The van der Waals surface area contributed by atoms with E-state index in [1.165, 1.54) is 23.1 Å². The Labute approximate surface area is 202 Å². The minimum absolute atomic E-state index is 0.174. The van der Waals surface area contributed by atoms with Gasteiger partial charge in [-0.2, -0.15) is 0 Å². The van der Waals surface area contributed by atoms with E-state index in [-0.39, 0.29) is 18.0 Å². The summed E-state index contributed by atoms with van der Waals surface area (Å²) >= 11 is 0. The lowest BCUT2D eigenvalue weighted by Gasteiger charge is -2.32. The van der Waals surface area contributed by atoms with Crippen LogP contribution in [0.25, 0.3) is 0 Å². The van der Waals surface area contributed by atoms with Crippen molar-refractivity contribution < 1.29 is 22.4 Å². The third kappa shape index (κ3) is 7.03. The summed E-state index contributed by atoms with van der Waals surface area (Å²) in [5.74, 6) is -1.30. The maximum Gasteiger partial charge on any atom is 0.244 e. The summed E-state index contributed by atoms with van der Waals surface area (Å²) in [6.07, 6.45) is 1.03. The lowest BCUT2D eigenvalue weighted by atomic mass is 10.1. The average molecular weight is 492 g/mol. The van der Waals surface area contributed by atoms with Crippen molar-refractivity contribution in [2.75, 3.05) is 23.7 Å². The van der Waals surface area contributed by atoms with Gasteiger partial charge in [0.05, 0.1) is 11.9 Å². The minimum atomic E-state index is -3.83. The fraction of sp³-hybridized carbons (Fsp3) is 0.440. The highest BCUT2D eigenvalue weighted by molar-refractivity contribution is 7.92. The minimum Gasteiger partial charge on any atom is -0.354 e. The van der Waals surface area contributed by atoms with Crippen LogP contribution in [0.4, 0.5) is 10.1 Å². The van der Waals surface area contributed by atoms with E-state index in [9.17, 15) is 22.4 Å². The monoisotopic (exact) mass is 491 g/mol. The number of carbonyl (C=O) groups excluding carboxylic acids is 2. The van der Waals surface area contributed by atoms with E-state index in [0.717, 1.165) is 10.6 Å². The largest absolute Gasteiger partial charge is 0.354 e. The number of nitrogens with one attached hydrogen (secondary N) is 1. The standard InChI is InChI=1S/C25H34FN3O4S/c1-17(2)14-27-25(31)20(5)28(15-21-12-7-8-13-22(21)26)23(30)16-29(34(6,32)33)24-18(3)10-9-11-19(24)4/h7-13,17,20H,14-16H2,1-6H3,(H,27,31). The molecule has 2 aromatic carbocycles. The molecule has 0 aliphatic rings. The maximum absolute atomic E-state index is 14.4. The van der Waals surface area contributed by atoms with E-state index < -0.39 is 40.2 Å². The number of rotatable bonds is 10. The molecule has 0 saturated carbocycles. The SMILES string of the molecule is Cc1cccc(C)c1N(CC(=O)N(Cc1ccccc1F)C(C)C(=O)NCC(C)C)S(C)(=O)=O. The van der Waals surface area contributed by atoms with Gasteiger partial charge in [0.2, 0.25) is 21.8 Å². The van der Waals surface area contributed by atoms with Crippen molar-refractivity contribution in [2.45, 2.75) is 47.2 Å². The Hall–Kier alpha value is -2.94. The second-order valence-electron chi connectivity index (χ2n) is 8.94. The van der Waals surface area contributed by atoms with E-state index in [1.54, 1.807) is 39.0 Å². The average Bonchev–Trinajstić information content (AvgIpc) is 2.74. The highest BCUT2D eigenvalue weighted by Crippen LogP contribution is 2.27.